The summed E-state index contributed by atoms with van der Waals surface area (Å²) >= 11 is 0. The van der Waals surface area contributed by atoms with Gasteiger partial charge in [-0.3, -0.25) is 4.79 Å². The van der Waals surface area contributed by atoms with Crippen molar-refractivity contribution in [1.29, 1.82) is 0 Å². The molecule has 4 aliphatic rings. The Bertz CT molecular complexity index is 1180. The van der Waals surface area contributed by atoms with Gasteiger partial charge in [-0.15, -0.1) is 0 Å². The average Bonchev–Trinajstić information content (AvgIpc) is 2.99. The van der Waals surface area contributed by atoms with Gasteiger partial charge in [-0.2, -0.15) is 0 Å². The number of rotatable bonds is 4. The van der Waals surface area contributed by atoms with Gasteiger partial charge in [-0.1, -0.05) is 13.8 Å². The number of carbonyl (C=O) groups is 1. The highest BCUT2D eigenvalue weighted by Gasteiger charge is 2.70. The summed E-state index contributed by atoms with van der Waals surface area (Å²) in [5, 5.41) is 12.6. The molecule has 0 aliphatic heterocycles. The molecular weight excluding hydrogens is 482 g/mol. The Hall–Kier alpha value is -1.71. The first-order valence-corrected chi connectivity index (χ1v) is 15.1. The lowest BCUT2D eigenvalue weighted by atomic mass is 9.43. The third kappa shape index (κ3) is 4.06. The Labute approximate surface area is 213 Å². The van der Waals surface area contributed by atoms with Gasteiger partial charge >= 0.3 is 11.6 Å². The van der Waals surface area contributed by atoms with Crippen LogP contribution in [0.1, 0.15) is 83.6 Å². The Morgan fingerprint density at radius 2 is 1.89 bits per heavy atom. The second-order valence-corrected chi connectivity index (χ2v) is 14.2. The van der Waals surface area contributed by atoms with Crippen LogP contribution in [0.4, 0.5) is 0 Å². The molecule has 0 aromatic carbocycles. The fourth-order valence-electron chi connectivity index (χ4n) is 9.10. The number of fused-ring (bicyclic) bond motifs is 5. The van der Waals surface area contributed by atoms with Gasteiger partial charge in [0.15, 0.2) is 0 Å². The Morgan fingerprint density at radius 3 is 2.53 bits per heavy atom. The summed E-state index contributed by atoms with van der Waals surface area (Å²) in [4.78, 5) is 23.7. The molecule has 9 heteroatoms. The van der Waals surface area contributed by atoms with E-state index in [0.717, 1.165) is 50.5 Å². The van der Waals surface area contributed by atoms with Crippen LogP contribution in [0, 0.1) is 28.6 Å². The molecule has 4 fully saturated rings. The minimum Gasteiger partial charge on any atom is -0.462 e. The maximum absolute atomic E-state index is 12.6. The van der Waals surface area contributed by atoms with Crippen molar-refractivity contribution in [2.24, 2.45) is 28.6 Å². The van der Waals surface area contributed by atoms with Gasteiger partial charge in [-0.05, 0) is 79.7 Å². The van der Waals surface area contributed by atoms with Crippen molar-refractivity contribution in [3.8, 4) is 0 Å². The van der Waals surface area contributed by atoms with Gasteiger partial charge in [0.05, 0.1) is 18.1 Å². The normalized spacial score (nSPS) is 44.2. The van der Waals surface area contributed by atoms with E-state index in [1.54, 1.807) is 6.07 Å². The van der Waals surface area contributed by atoms with E-state index in [1.165, 1.54) is 25.5 Å². The number of nitrogens with one attached hydrogen (secondary N) is 1. The average molecular weight is 522 g/mol. The Balaban J connectivity index is 1.47. The molecule has 5 rings (SSSR count). The molecule has 1 aromatic rings. The maximum Gasteiger partial charge on any atom is 0.335 e. The zero-order valence-electron chi connectivity index (χ0n) is 21.7. The van der Waals surface area contributed by atoms with Crippen LogP contribution in [-0.4, -0.2) is 43.5 Å². The molecule has 0 amide bonds. The van der Waals surface area contributed by atoms with E-state index in [4.69, 9.17) is 9.15 Å². The SMILES string of the molecule is CC(=O)O[C@H]1C[C@]2(O)[C@@H]3CC[C@@H]4C[C@@H](NS(C)(=O)=O)CC[C@]4(C)[C@H]3CC[C@]2(C)[C@H]1c1ccc(=O)oc1. The van der Waals surface area contributed by atoms with E-state index in [2.05, 4.69) is 18.6 Å². The number of ether oxygens (including phenoxy) is 1. The lowest BCUT2D eigenvalue weighted by Crippen LogP contribution is -2.62. The lowest BCUT2D eigenvalue weighted by Gasteiger charge is -2.63. The summed E-state index contributed by atoms with van der Waals surface area (Å²) in [6.45, 7) is 5.86. The van der Waals surface area contributed by atoms with Crippen molar-refractivity contribution in [3.63, 3.8) is 0 Å². The molecule has 200 valence electrons. The first-order valence-electron chi connectivity index (χ1n) is 13.2. The third-order valence-electron chi connectivity index (χ3n) is 10.6. The summed E-state index contributed by atoms with van der Waals surface area (Å²) in [6.07, 6.45) is 8.68. The third-order valence-corrected chi connectivity index (χ3v) is 11.4. The molecule has 1 heterocycles. The monoisotopic (exact) mass is 521 g/mol. The molecule has 0 spiro atoms. The van der Waals surface area contributed by atoms with Crippen molar-refractivity contribution >= 4 is 16.0 Å². The zero-order chi connectivity index (χ0) is 26.1. The highest BCUT2D eigenvalue weighted by molar-refractivity contribution is 7.88. The van der Waals surface area contributed by atoms with Crippen LogP contribution in [0.2, 0.25) is 0 Å². The second-order valence-electron chi connectivity index (χ2n) is 12.5. The summed E-state index contributed by atoms with van der Waals surface area (Å²) < 4.78 is 37.5. The van der Waals surface area contributed by atoms with Gasteiger partial charge in [0.2, 0.25) is 10.0 Å². The van der Waals surface area contributed by atoms with Gasteiger partial charge in [0.25, 0.3) is 0 Å². The molecule has 4 aliphatic carbocycles. The molecule has 9 atom stereocenters. The van der Waals surface area contributed by atoms with Crippen LogP contribution in [0.3, 0.4) is 0 Å². The first kappa shape index (κ1) is 25.9. The highest BCUT2D eigenvalue weighted by atomic mass is 32.2. The predicted molar refractivity (Wildman–Crippen MR) is 134 cm³/mol. The summed E-state index contributed by atoms with van der Waals surface area (Å²) in [7, 11) is -3.24. The molecule has 0 bridgehead atoms. The largest absolute Gasteiger partial charge is 0.462 e. The molecular formula is C27H39NO7S. The van der Waals surface area contributed by atoms with Gasteiger partial charge in [0.1, 0.15) is 6.10 Å². The molecule has 4 saturated carbocycles. The van der Waals surface area contributed by atoms with Crippen molar-refractivity contribution in [2.75, 3.05) is 6.26 Å². The van der Waals surface area contributed by atoms with Crippen LogP contribution in [-0.2, 0) is 19.6 Å². The lowest BCUT2D eigenvalue weighted by molar-refractivity contribution is -0.202. The number of sulfonamides is 1. The summed E-state index contributed by atoms with van der Waals surface area (Å²) in [6, 6.07) is 3.11. The van der Waals surface area contributed by atoms with E-state index in [9.17, 15) is 23.1 Å². The van der Waals surface area contributed by atoms with Gasteiger partial charge in [0, 0.05) is 36.8 Å². The molecule has 1 aromatic heterocycles. The predicted octanol–water partition coefficient (Wildman–Crippen LogP) is 3.34. The fraction of sp³-hybridized carbons (Fsp3) is 0.778. The van der Waals surface area contributed by atoms with E-state index in [0.29, 0.717) is 18.3 Å². The quantitative estimate of drug-likeness (QED) is 0.583. The van der Waals surface area contributed by atoms with E-state index < -0.39 is 32.8 Å². The highest BCUT2D eigenvalue weighted by Crippen LogP contribution is 2.70. The summed E-state index contributed by atoms with van der Waals surface area (Å²) in [5.41, 5.74) is -1.18. The van der Waals surface area contributed by atoms with E-state index in [-0.39, 0.29) is 29.3 Å². The summed E-state index contributed by atoms with van der Waals surface area (Å²) in [5.74, 6) is 0.147. The van der Waals surface area contributed by atoms with Crippen molar-refractivity contribution in [3.05, 3.63) is 34.4 Å². The number of esters is 1. The van der Waals surface area contributed by atoms with Gasteiger partial charge < -0.3 is 14.3 Å². The van der Waals surface area contributed by atoms with Crippen LogP contribution < -0.4 is 10.3 Å². The van der Waals surface area contributed by atoms with Crippen LogP contribution in [0.15, 0.2) is 27.6 Å². The number of aliphatic hydroxyl groups is 1. The van der Waals surface area contributed by atoms with Gasteiger partial charge in [-0.25, -0.2) is 17.9 Å². The van der Waals surface area contributed by atoms with E-state index in [1.807, 2.05) is 0 Å². The van der Waals surface area contributed by atoms with E-state index >= 15 is 0 Å². The number of carbonyl (C=O) groups excluding carboxylic acids is 1. The van der Waals surface area contributed by atoms with Crippen molar-refractivity contribution in [2.45, 2.75) is 95.8 Å². The fourth-order valence-corrected chi connectivity index (χ4v) is 9.92. The van der Waals surface area contributed by atoms with Crippen molar-refractivity contribution < 1.29 is 27.5 Å². The first-order chi connectivity index (χ1) is 16.8. The standard InChI is InChI=1S/C27H39NO7S/c1-16(29)35-22-14-27(31)21-7-6-18-13-19(28-36(4,32)33)9-11-25(18,2)20(21)10-12-26(27,3)24(22)17-5-8-23(30)34-15-17/h5,8,15,18-22,24,28,31H,6-7,9-14H2,1-4H3/t18-,19+,20+,21-,22+,24+,25+,26-,27+/m1/s1. The topological polar surface area (TPSA) is 123 Å². The Kier molecular flexibility index (Phi) is 6.24. The molecule has 0 unspecified atom stereocenters. The number of hydrogen-bond acceptors (Lipinski definition) is 7. The molecule has 0 saturated heterocycles. The minimum atomic E-state index is -3.24. The molecule has 8 nitrogen and oxygen atoms in total. The molecule has 0 radical (unpaired) electrons. The van der Waals surface area contributed by atoms with Crippen LogP contribution >= 0.6 is 0 Å². The molecule has 36 heavy (non-hydrogen) atoms. The zero-order valence-corrected chi connectivity index (χ0v) is 22.5. The van der Waals surface area contributed by atoms with Crippen LogP contribution in [0.5, 0.6) is 0 Å². The van der Waals surface area contributed by atoms with Crippen LogP contribution in [0.25, 0.3) is 0 Å². The molecule has 2 N–H and O–H groups in total. The van der Waals surface area contributed by atoms with Crippen molar-refractivity contribution in [1.82, 2.24) is 4.72 Å². The smallest absolute Gasteiger partial charge is 0.335 e. The maximum atomic E-state index is 12.6. The number of hydrogen-bond donors (Lipinski definition) is 2. The Morgan fingerprint density at radius 1 is 1.14 bits per heavy atom. The minimum absolute atomic E-state index is 0.0245. The second kappa shape index (κ2) is 8.67.